The Hall–Kier alpha value is -0.990. The Morgan fingerprint density at radius 2 is 1.88 bits per heavy atom. The van der Waals surface area contributed by atoms with Crippen LogP contribution in [0, 0.1) is 0 Å². The summed E-state index contributed by atoms with van der Waals surface area (Å²) in [4.78, 5) is 4.32. The molecule has 0 bridgehead atoms. The number of hydrogen-bond acceptors (Lipinski definition) is 2. The minimum absolute atomic E-state index is 0.312. The fourth-order valence-corrected chi connectivity index (χ4v) is 2.05. The van der Waals surface area contributed by atoms with Gasteiger partial charge in [-0.1, -0.05) is 18.2 Å². The Balaban J connectivity index is 2.42. The van der Waals surface area contributed by atoms with E-state index < -0.39 is 0 Å². The summed E-state index contributed by atoms with van der Waals surface area (Å²) < 4.78 is 0. The third-order valence-corrected chi connectivity index (χ3v) is 3.86. The third-order valence-electron chi connectivity index (χ3n) is 2.68. The predicted molar refractivity (Wildman–Crippen MR) is 75.2 cm³/mol. The summed E-state index contributed by atoms with van der Waals surface area (Å²) in [5.41, 5.74) is 1.66. The standard InChI is InChI=1S/C13H14Cl2N2/c1-13(8-14,9-15)17-12-6-7-16-11-5-3-2-4-10(11)12/h2-7H,8-9H2,1H3,(H,16,17). The molecule has 2 nitrogen and oxygen atoms in total. The predicted octanol–water partition coefficient (Wildman–Crippen LogP) is 3.88. The van der Waals surface area contributed by atoms with Gasteiger partial charge < -0.3 is 5.32 Å². The molecule has 0 spiro atoms. The second-order valence-corrected chi connectivity index (χ2v) is 4.86. The lowest BCUT2D eigenvalue weighted by Gasteiger charge is -2.27. The average Bonchev–Trinajstić information content (AvgIpc) is 2.39. The number of aromatic nitrogens is 1. The molecule has 2 aromatic rings. The van der Waals surface area contributed by atoms with Gasteiger partial charge in [-0.2, -0.15) is 0 Å². The van der Waals surface area contributed by atoms with E-state index in [1.165, 1.54) is 0 Å². The lowest BCUT2D eigenvalue weighted by molar-refractivity contribution is 0.650. The maximum absolute atomic E-state index is 5.95. The quantitative estimate of drug-likeness (QED) is 0.852. The number of rotatable bonds is 4. The molecular formula is C13H14Cl2N2. The van der Waals surface area contributed by atoms with E-state index in [-0.39, 0.29) is 5.54 Å². The Bertz CT molecular complexity index is 504. The fraction of sp³-hybridized carbons (Fsp3) is 0.308. The molecule has 0 amide bonds. The first kappa shape index (κ1) is 12.5. The van der Waals surface area contributed by atoms with E-state index >= 15 is 0 Å². The molecule has 1 aromatic heterocycles. The number of benzene rings is 1. The van der Waals surface area contributed by atoms with E-state index in [0.29, 0.717) is 11.8 Å². The molecule has 0 aliphatic carbocycles. The summed E-state index contributed by atoms with van der Waals surface area (Å²) in [6.07, 6.45) is 1.79. The van der Waals surface area contributed by atoms with E-state index in [0.717, 1.165) is 16.6 Å². The van der Waals surface area contributed by atoms with Crippen molar-refractivity contribution in [3.63, 3.8) is 0 Å². The topological polar surface area (TPSA) is 24.9 Å². The number of para-hydroxylation sites is 1. The zero-order chi connectivity index (χ0) is 12.3. The van der Waals surface area contributed by atoms with Gasteiger partial charge in [0.25, 0.3) is 0 Å². The van der Waals surface area contributed by atoms with Gasteiger partial charge in [-0.25, -0.2) is 0 Å². The molecule has 0 aliphatic rings. The van der Waals surface area contributed by atoms with Gasteiger partial charge in [0.15, 0.2) is 0 Å². The van der Waals surface area contributed by atoms with E-state index in [9.17, 15) is 0 Å². The van der Waals surface area contributed by atoms with E-state index in [4.69, 9.17) is 23.2 Å². The van der Waals surface area contributed by atoms with Crippen molar-refractivity contribution in [2.45, 2.75) is 12.5 Å². The van der Waals surface area contributed by atoms with Crippen molar-refractivity contribution in [3.05, 3.63) is 36.5 Å². The molecule has 4 heteroatoms. The fourth-order valence-electron chi connectivity index (χ4n) is 1.63. The van der Waals surface area contributed by atoms with Gasteiger partial charge in [-0.05, 0) is 19.1 Å². The van der Waals surface area contributed by atoms with Gasteiger partial charge in [-0.3, -0.25) is 4.98 Å². The Morgan fingerprint density at radius 3 is 2.59 bits per heavy atom. The van der Waals surface area contributed by atoms with Crippen molar-refractivity contribution >= 4 is 39.8 Å². The van der Waals surface area contributed by atoms with Crippen molar-refractivity contribution in [2.75, 3.05) is 17.1 Å². The number of anilines is 1. The number of nitrogens with one attached hydrogen (secondary N) is 1. The number of fused-ring (bicyclic) bond motifs is 1. The smallest absolute Gasteiger partial charge is 0.0722 e. The van der Waals surface area contributed by atoms with Crippen LogP contribution in [0.4, 0.5) is 5.69 Å². The maximum Gasteiger partial charge on any atom is 0.0722 e. The molecule has 90 valence electrons. The lowest BCUT2D eigenvalue weighted by atomic mass is 10.1. The van der Waals surface area contributed by atoms with Crippen LogP contribution in [0.15, 0.2) is 36.5 Å². The lowest BCUT2D eigenvalue weighted by Crippen LogP contribution is -2.38. The average molecular weight is 269 g/mol. The van der Waals surface area contributed by atoms with Crippen LogP contribution in [0.3, 0.4) is 0 Å². The van der Waals surface area contributed by atoms with E-state index in [1.807, 2.05) is 37.3 Å². The van der Waals surface area contributed by atoms with E-state index in [1.54, 1.807) is 6.20 Å². The van der Waals surface area contributed by atoms with Crippen LogP contribution in [0.1, 0.15) is 6.92 Å². The summed E-state index contributed by atoms with van der Waals surface area (Å²) in [6, 6.07) is 9.93. The molecule has 0 fully saturated rings. The highest BCUT2D eigenvalue weighted by atomic mass is 35.5. The SMILES string of the molecule is CC(CCl)(CCl)Nc1ccnc2ccccc12. The molecule has 0 aliphatic heterocycles. The Morgan fingerprint density at radius 1 is 1.18 bits per heavy atom. The monoisotopic (exact) mass is 268 g/mol. The van der Waals surface area contributed by atoms with Crippen LogP contribution < -0.4 is 5.32 Å². The summed E-state index contributed by atoms with van der Waals surface area (Å²) in [5.74, 6) is 0.903. The van der Waals surface area contributed by atoms with Gasteiger partial charge in [0, 0.05) is 29.0 Å². The molecule has 1 aromatic carbocycles. The molecule has 0 radical (unpaired) electrons. The minimum atomic E-state index is -0.312. The van der Waals surface area contributed by atoms with Crippen LogP contribution in [0.25, 0.3) is 10.9 Å². The van der Waals surface area contributed by atoms with Crippen LogP contribution >= 0.6 is 23.2 Å². The molecule has 17 heavy (non-hydrogen) atoms. The number of hydrogen-bond donors (Lipinski definition) is 1. The normalized spacial score (nSPS) is 11.7. The molecular weight excluding hydrogens is 255 g/mol. The zero-order valence-electron chi connectivity index (χ0n) is 9.58. The highest BCUT2D eigenvalue weighted by Gasteiger charge is 2.22. The minimum Gasteiger partial charge on any atom is -0.377 e. The van der Waals surface area contributed by atoms with Gasteiger partial charge in [0.05, 0.1) is 11.1 Å². The summed E-state index contributed by atoms with van der Waals surface area (Å²) in [6.45, 7) is 2.00. The van der Waals surface area contributed by atoms with Gasteiger partial charge in [0.1, 0.15) is 0 Å². The summed E-state index contributed by atoms with van der Waals surface area (Å²) in [7, 11) is 0. The first-order chi connectivity index (χ1) is 8.18. The van der Waals surface area contributed by atoms with Crippen molar-refractivity contribution in [1.82, 2.24) is 4.98 Å². The summed E-state index contributed by atoms with van der Waals surface area (Å²) in [5, 5.41) is 4.47. The molecule has 0 saturated carbocycles. The summed E-state index contributed by atoms with van der Waals surface area (Å²) >= 11 is 11.9. The van der Waals surface area contributed by atoms with Crippen LogP contribution in [-0.2, 0) is 0 Å². The third kappa shape index (κ3) is 2.64. The molecule has 1 N–H and O–H groups in total. The first-order valence-corrected chi connectivity index (χ1v) is 6.49. The molecule has 1 heterocycles. The first-order valence-electron chi connectivity index (χ1n) is 5.42. The van der Waals surface area contributed by atoms with E-state index in [2.05, 4.69) is 10.3 Å². The number of halogens is 2. The molecule has 2 rings (SSSR count). The van der Waals surface area contributed by atoms with Crippen LogP contribution in [0.5, 0.6) is 0 Å². The highest BCUT2D eigenvalue weighted by Crippen LogP contribution is 2.25. The molecule has 0 atom stereocenters. The van der Waals surface area contributed by atoms with Gasteiger partial charge in [-0.15, -0.1) is 23.2 Å². The zero-order valence-corrected chi connectivity index (χ0v) is 11.1. The maximum atomic E-state index is 5.95. The van der Waals surface area contributed by atoms with Crippen LogP contribution in [-0.4, -0.2) is 22.3 Å². The van der Waals surface area contributed by atoms with Crippen molar-refractivity contribution < 1.29 is 0 Å². The Labute approximate surface area is 111 Å². The van der Waals surface area contributed by atoms with Gasteiger partial charge >= 0.3 is 0 Å². The second-order valence-electron chi connectivity index (χ2n) is 4.33. The van der Waals surface area contributed by atoms with Gasteiger partial charge in [0.2, 0.25) is 0 Å². The van der Waals surface area contributed by atoms with Crippen molar-refractivity contribution in [1.29, 1.82) is 0 Å². The molecule has 0 saturated heterocycles. The van der Waals surface area contributed by atoms with Crippen molar-refractivity contribution in [2.24, 2.45) is 0 Å². The largest absolute Gasteiger partial charge is 0.377 e. The second kappa shape index (κ2) is 5.11. The van der Waals surface area contributed by atoms with Crippen LogP contribution in [0.2, 0.25) is 0 Å². The van der Waals surface area contributed by atoms with Crippen molar-refractivity contribution in [3.8, 4) is 0 Å². The Kier molecular flexibility index (Phi) is 3.75. The highest BCUT2D eigenvalue weighted by molar-refractivity contribution is 6.22. The number of pyridine rings is 1. The number of alkyl halides is 2. The number of nitrogens with zero attached hydrogens (tertiary/aromatic N) is 1. The molecule has 0 unspecified atom stereocenters.